The molecule has 0 bridgehead atoms. The molecule has 0 aliphatic carbocycles. The topological polar surface area (TPSA) is 0 Å². The molecule has 0 atom stereocenters. The standard InChI is InChI=1S/C9H14.2C4H10.Sn/c1-6-8(7-2)9(3,4)5;2*1-3-4-2;/h1-2,6-8H,3-5H3;2*3-4H2,1-2H3;. The van der Waals surface area contributed by atoms with Gasteiger partial charge in [0.05, 0.1) is 0 Å². The molecule has 1 heteroatoms. The molecule has 0 saturated carbocycles. The first-order chi connectivity index (χ1) is 7.85. The molecule has 0 nitrogen and oxygen atoms in total. The fourth-order valence-corrected chi connectivity index (χ4v) is 0.642. The minimum atomic E-state index is 0. The summed E-state index contributed by atoms with van der Waals surface area (Å²) in [6.07, 6.45) is 8.53. The first kappa shape index (κ1) is 26.7. The summed E-state index contributed by atoms with van der Waals surface area (Å²) in [6, 6.07) is 0. The van der Waals surface area contributed by atoms with E-state index in [-0.39, 0.29) is 35.2 Å². The van der Waals surface area contributed by atoms with Crippen LogP contribution in [0.5, 0.6) is 0 Å². The molecule has 0 aromatic carbocycles. The first-order valence-electron chi connectivity index (χ1n) is 6.95. The van der Waals surface area contributed by atoms with Gasteiger partial charge < -0.3 is 6.58 Å². The molecule has 0 aliphatic heterocycles. The molecule has 106 valence electrons. The molecule has 0 aliphatic rings. The van der Waals surface area contributed by atoms with Crippen molar-refractivity contribution in [1.82, 2.24) is 0 Å². The molecule has 0 aromatic rings. The largest absolute Gasteiger partial charge is 0.517 e. The molecule has 18 heavy (non-hydrogen) atoms. The molecule has 4 radical (unpaired) electrons. The van der Waals surface area contributed by atoms with E-state index in [9.17, 15) is 0 Å². The Labute approximate surface area is 134 Å². The van der Waals surface area contributed by atoms with Gasteiger partial charge in [0.15, 0.2) is 6.08 Å². The number of allylic oxidation sites excluding steroid dienone is 2. The Morgan fingerprint density at radius 3 is 1.22 bits per heavy atom. The normalized spacial score (nSPS) is 10.6. The SMILES string of the molecule is CCCC.CCCC.[CH+]=CC(C=[CH-])C(C)(C)C.[Sn]. The van der Waals surface area contributed by atoms with E-state index in [0.29, 0.717) is 0 Å². The molecule has 0 N–H and O–H groups in total. The van der Waals surface area contributed by atoms with Crippen LogP contribution < -0.4 is 0 Å². The average Bonchev–Trinajstić information content (AvgIpc) is 2.29. The van der Waals surface area contributed by atoms with Crippen molar-refractivity contribution < 1.29 is 0 Å². The van der Waals surface area contributed by atoms with Crippen LogP contribution in [0.3, 0.4) is 0 Å². The van der Waals surface area contributed by atoms with Gasteiger partial charge in [-0.1, -0.05) is 74.1 Å². The fourth-order valence-electron chi connectivity index (χ4n) is 0.642. The summed E-state index contributed by atoms with van der Waals surface area (Å²) in [4.78, 5) is 0. The summed E-state index contributed by atoms with van der Waals surface area (Å²) >= 11 is 0. The Balaban J connectivity index is -0.0000000922. The molecule has 0 aromatic heterocycles. The Kier molecular flexibility index (Phi) is 29.0. The van der Waals surface area contributed by atoms with Crippen LogP contribution in [0, 0.1) is 24.5 Å². The zero-order valence-electron chi connectivity index (χ0n) is 13.7. The number of hydrogen-bond acceptors (Lipinski definition) is 0. The predicted octanol–water partition coefficient (Wildman–Crippen LogP) is 5.86. The van der Waals surface area contributed by atoms with E-state index >= 15 is 0 Å². The van der Waals surface area contributed by atoms with Crippen molar-refractivity contribution in [1.29, 1.82) is 0 Å². The van der Waals surface area contributed by atoms with Crippen LogP contribution >= 0.6 is 0 Å². The zero-order valence-corrected chi connectivity index (χ0v) is 16.6. The minimum absolute atomic E-state index is 0. The maximum absolute atomic E-state index is 5.33. The first-order valence-corrected chi connectivity index (χ1v) is 6.95. The van der Waals surface area contributed by atoms with Crippen molar-refractivity contribution in [2.24, 2.45) is 11.3 Å². The van der Waals surface area contributed by atoms with E-state index < -0.39 is 0 Å². The van der Waals surface area contributed by atoms with Gasteiger partial charge in [0.25, 0.3) is 0 Å². The quantitative estimate of drug-likeness (QED) is 0.437. The van der Waals surface area contributed by atoms with Gasteiger partial charge in [0.1, 0.15) is 0 Å². The van der Waals surface area contributed by atoms with Gasteiger partial charge in [0, 0.05) is 29.8 Å². The molecule has 0 heterocycles. The van der Waals surface area contributed by atoms with Crippen LogP contribution in [0.4, 0.5) is 0 Å². The van der Waals surface area contributed by atoms with E-state index in [1.165, 1.54) is 25.7 Å². The van der Waals surface area contributed by atoms with Crippen LogP contribution in [0.1, 0.15) is 74.1 Å². The Bertz CT molecular complexity index is 137. The van der Waals surface area contributed by atoms with E-state index in [0.717, 1.165) is 0 Å². The third-order valence-electron chi connectivity index (χ3n) is 2.41. The van der Waals surface area contributed by atoms with Gasteiger partial charge in [-0.15, -0.1) is 0 Å². The second-order valence-electron chi connectivity index (χ2n) is 5.28. The van der Waals surface area contributed by atoms with Crippen LogP contribution in [0.2, 0.25) is 0 Å². The molecule has 0 rings (SSSR count). The van der Waals surface area contributed by atoms with Crippen molar-refractivity contribution in [3.05, 3.63) is 25.3 Å². The monoisotopic (exact) mass is 358 g/mol. The summed E-state index contributed by atoms with van der Waals surface area (Å²) < 4.78 is 0. The van der Waals surface area contributed by atoms with Crippen LogP contribution in [0.25, 0.3) is 0 Å². The molecule has 0 spiro atoms. The maximum atomic E-state index is 5.33. The Morgan fingerprint density at radius 2 is 1.22 bits per heavy atom. The van der Waals surface area contributed by atoms with Gasteiger partial charge >= 0.3 is 0 Å². The number of unbranched alkanes of at least 4 members (excludes halogenated alkanes) is 2. The fraction of sp³-hybridized carbons (Fsp3) is 0.765. The Hall–Kier alpha value is 0.189. The zero-order chi connectivity index (χ0) is 14.3. The summed E-state index contributed by atoms with van der Waals surface area (Å²) in [5.74, 6) is 0.206. The summed E-state index contributed by atoms with van der Waals surface area (Å²) in [7, 11) is 0. The van der Waals surface area contributed by atoms with E-state index in [4.69, 9.17) is 13.2 Å². The van der Waals surface area contributed by atoms with Gasteiger partial charge in [-0.2, -0.15) is 0 Å². The molecular formula is C17H34Sn. The van der Waals surface area contributed by atoms with Crippen LogP contribution in [0.15, 0.2) is 12.2 Å². The van der Waals surface area contributed by atoms with Gasteiger partial charge in [-0.3, -0.25) is 6.08 Å². The van der Waals surface area contributed by atoms with Gasteiger partial charge in [-0.05, 0) is 5.41 Å². The predicted molar refractivity (Wildman–Crippen MR) is 87.6 cm³/mol. The van der Waals surface area contributed by atoms with Crippen molar-refractivity contribution in [2.45, 2.75) is 74.1 Å². The maximum Gasteiger partial charge on any atom is 0.202 e. The molecule has 0 saturated heterocycles. The van der Waals surface area contributed by atoms with Crippen molar-refractivity contribution in [2.75, 3.05) is 0 Å². The molecular weight excluding hydrogens is 323 g/mol. The van der Waals surface area contributed by atoms with Crippen molar-refractivity contribution in [3.63, 3.8) is 0 Å². The van der Waals surface area contributed by atoms with E-state index in [2.05, 4.69) is 48.5 Å². The second kappa shape index (κ2) is 19.5. The van der Waals surface area contributed by atoms with E-state index in [1.807, 2.05) is 0 Å². The summed E-state index contributed by atoms with van der Waals surface area (Å²) in [6.45, 7) is 25.7. The van der Waals surface area contributed by atoms with Gasteiger partial charge in [0.2, 0.25) is 6.58 Å². The number of rotatable bonds is 4. The molecule has 0 unspecified atom stereocenters. The summed E-state index contributed by atoms with van der Waals surface area (Å²) in [5.41, 5.74) is 0.156. The second-order valence-corrected chi connectivity index (χ2v) is 5.28. The molecule has 0 fully saturated rings. The smallest absolute Gasteiger partial charge is 0.202 e. The van der Waals surface area contributed by atoms with E-state index in [1.54, 1.807) is 12.2 Å². The third-order valence-corrected chi connectivity index (χ3v) is 2.41. The average molecular weight is 357 g/mol. The van der Waals surface area contributed by atoms with Crippen molar-refractivity contribution >= 4 is 23.9 Å². The van der Waals surface area contributed by atoms with Gasteiger partial charge in [-0.25, -0.2) is 0 Å². The minimum Gasteiger partial charge on any atom is -0.517 e. The Morgan fingerprint density at radius 1 is 0.944 bits per heavy atom. The third kappa shape index (κ3) is 25.1. The molecule has 0 amide bonds. The van der Waals surface area contributed by atoms with Crippen LogP contribution in [-0.2, 0) is 0 Å². The summed E-state index contributed by atoms with van der Waals surface area (Å²) in [5, 5.41) is 0. The van der Waals surface area contributed by atoms with Crippen LogP contribution in [-0.4, -0.2) is 23.9 Å². The van der Waals surface area contributed by atoms with Crippen molar-refractivity contribution in [3.8, 4) is 0 Å². The number of hydrogen-bond donors (Lipinski definition) is 0.